The number of hydrogen-bond donors (Lipinski definition) is 1. The van der Waals surface area contributed by atoms with E-state index in [9.17, 15) is 4.79 Å². The molecule has 0 radical (unpaired) electrons. The van der Waals surface area contributed by atoms with Gasteiger partial charge in [-0.1, -0.05) is 6.07 Å². The fourth-order valence-electron chi connectivity index (χ4n) is 2.97. The van der Waals surface area contributed by atoms with Gasteiger partial charge in [0.05, 0.1) is 0 Å². The summed E-state index contributed by atoms with van der Waals surface area (Å²) in [5, 5.41) is 2.98. The molecule has 24 heavy (non-hydrogen) atoms. The Labute approximate surface area is 143 Å². The van der Waals surface area contributed by atoms with Crippen LogP contribution < -0.4 is 10.2 Å². The molecule has 0 bridgehead atoms. The van der Waals surface area contributed by atoms with Crippen LogP contribution in [0.5, 0.6) is 0 Å². The first-order valence-electron chi connectivity index (χ1n) is 8.67. The lowest BCUT2D eigenvalue weighted by molar-refractivity contribution is -0.121. The van der Waals surface area contributed by atoms with Gasteiger partial charge in [-0.15, -0.1) is 0 Å². The Morgan fingerprint density at radius 3 is 2.79 bits per heavy atom. The summed E-state index contributed by atoms with van der Waals surface area (Å²) < 4.78 is 0. The van der Waals surface area contributed by atoms with Crippen LogP contribution in [-0.2, 0) is 17.6 Å². The van der Waals surface area contributed by atoms with Crippen molar-refractivity contribution in [1.29, 1.82) is 0 Å². The highest BCUT2D eigenvalue weighted by molar-refractivity contribution is 5.76. The molecule has 126 valence electrons. The molecule has 0 unspecified atom stereocenters. The summed E-state index contributed by atoms with van der Waals surface area (Å²) in [7, 11) is 0. The van der Waals surface area contributed by atoms with Crippen LogP contribution in [0.25, 0.3) is 0 Å². The Hall–Kier alpha value is -2.43. The van der Waals surface area contributed by atoms with E-state index in [4.69, 9.17) is 0 Å². The largest absolute Gasteiger partial charge is 0.357 e. The van der Waals surface area contributed by atoms with E-state index in [1.165, 1.54) is 18.4 Å². The summed E-state index contributed by atoms with van der Waals surface area (Å²) in [5.74, 6) is 1.14. The fraction of sp³-hybridized carbons (Fsp3) is 0.421. The van der Waals surface area contributed by atoms with Crippen LogP contribution in [0.1, 0.15) is 30.4 Å². The van der Waals surface area contributed by atoms with Crippen molar-refractivity contribution in [3.63, 3.8) is 0 Å². The molecule has 5 nitrogen and oxygen atoms in total. The molecule has 1 fully saturated rings. The molecule has 1 N–H and O–H groups in total. The van der Waals surface area contributed by atoms with Gasteiger partial charge in [0.25, 0.3) is 0 Å². The van der Waals surface area contributed by atoms with Crippen molar-refractivity contribution in [2.24, 2.45) is 0 Å². The Morgan fingerprint density at radius 1 is 1.12 bits per heavy atom. The van der Waals surface area contributed by atoms with Crippen molar-refractivity contribution in [2.75, 3.05) is 24.5 Å². The van der Waals surface area contributed by atoms with Gasteiger partial charge in [0.2, 0.25) is 5.91 Å². The van der Waals surface area contributed by atoms with Gasteiger partial charge >= 0.3 is 0 Å². The maximum absolute atomic E-state index is 12.0. The molecule has 0 atom stereocenters. The third-order valence-electron chi connectivity index (χ3n) is 4.34. The summed E-state index contributed by atoms with van der Waals surface area (Å²) in [6, 6.07) is 8.06. The monoisotopic (exact) mass is 324 g/mol. The smallest absolute Gasteiger partial charge is 0.220 e. The second-order valence-corrected chi connectivity index (χ2v) is 6.18. The first-order chi connectivity index (χ1) is 11.8. The van der Waals surface area contributed by atoms with Crippen molar-refractivity contribution >= 4 is 11.7 Å². The van der Waals surface area contributed by atoms with Crippen LogP contribution in [0.3, 0.4) is 0 Å². The SMILES string of the molecule is O=C(CCc1ccnc(N2CCCC2)c1)NCCc1cccnc1. The van der Waals surface area contributed by atoms with Crippen LogP contribution >= 0.6 is 0 Å². The van der Waals surface area contributed by atoms with E-state index in [0.717, 1.165) is 37.3 Å². The number of amides is 1. The number of anilines is 1. The summed E-state index contributed by atoms with van der Waals surface area (Å²) in [4.78, 5) is 22.8. The highest BCUT2D eigenvalue weighted by Crippen LogP contribution is 2.19. The molecule has 3 heterocycles. The number of carbonyl (C=O) groups is 1. The van der Waals surface area contributed by atoms with Crippen LogP contribution in [-0.4, -0.2) is 35.5 Å². The first-order valence-corrected chi connectivity index (χ1v) is 8.67. The summed E-state index contributed by atoms with van der Waals surface area (Å²) >= 11 is 0. The average Bonchev–Trinajstić information content (AvgIpc) is 3.16. The van der Waals surface area contributed by atoms with Gasteiger partial charge < -0.3 is 10.2 Å². The van der Waals surface area contributed by atoms with E-state index in [1.807, 2.05) is 30.6 Å². The minimum atomic E-state index is 0.0958. The Morgan fingerprint density at radius 2 is 2.00 bits per heavy atom. The normalized spacial score (nSPS) is 13.9. The number of pyridine rings is 2. The number of nitrogens with zero attached hydrogens (tertiary/aromatic N) is 3. The Kier molecular flexibility index (Phi) is 5.77. The van der Waals surface area contributed by atoms with Crippen molar-refractivity contribution < 1.29 is 4.79 Å². The second kappa shape index (κ2) is 8.43. The van der Waals surface area contributed by atoms with Gasteiger partial charge in [-0.3, -0.25) is 9.78 Å². The maximum atomic E-state index is 12.0. The fourth-order valence-corrected chi connectivity index (χ4v) is 2.97. The third kappa shape index (κ3) is 4.78. The molecular weight excluding hydrogens is 300 g/mol. The lowest BCUT2D eigenvalue weighted by Crippen LogP contribution is -2.26. The topological polar surface area (TPSA) is 58.1 Å². The van der Waals surface area contributed by atoms with E-state index in [1.54, 1.807) is 6.20 Å². The summed E-state index contributed by atoms with van der Waals surface area (Å²) in [6.45, 7) is 2.83. The van der Waals surface area contributed by atoms with Gasteiger partial charge in [-0.05, 0) is 55.0 Å². The number of aromatic nitrogens is 2. The minimum absolute atomic E-state index is 0.0958. The number of carbonyl (C=O) groups excluding carboxylic acids is 1. The molecule has 1 aliphatic heterocycles. The molecule has 1 saturated heterocycles. The molecule has 1 amide bonds. The molecule has 0 aliphatic carbocycles. The molecule has 0 spiro atoms. The van der Waals surface area contributed by atoms with Crippen LogP contribution in [0.2, 0.25) is 0 Å². The minimum Gasteiger partial charge on any atom is -0.357 e. The van der Waals surface area contributed by atoms with Gasteiger partial charge in [0.15, 0.2) is 0 Å². The molecular formula is C19H24N4O. The Balaban J connectivity index is 1.42. The first kappa shape index (κ1) is 16.4. The standard InChI is InChI=1S/C19H24N4O/c24-19(22-11-8-17-4-3-9-20-15-17)6-5-16-7-10-21-18(14-16)23-12-1-2-13-23/h3-4,7,9-10,14-15H,1-2,5-6,8,11-13H2,(H,22,24). The van der Waals surface area contributed by atoms with E-state index in [2.05, 4.69) is 26.3 Å². The zero-order valence-corrected chi connectivity index (χ0v) is 13.9. The van der Waals surface area contributed by atoms with Crippen molar-refractivity contribution in [1.82, 2.24) is 15.3 Å². The summed E-state index contributed by atoms with van der Waals surface area (Å²) in [5.41, 5.74) is 2.32. The summed E-state index contributed by atoms with van der Waals surface area (Å²) in [6.07, 6.45) is 10.0. The van der Waals surface area contributed by atoms with Gasteiger partial charge in [0.1, 0.15) is 5.82 Å². The molecule has 2 aromatic rings. The molecule has 2 aromatic heterocycles. The lowest BCUT2D eigenvalue weighted by Gasteiger charge is -2.16. The zero-order valence-electron chi connectivity index (χ0n) is 13.9. The number of rotatable bonds is 7. The molecule has 1 aliphatic rings. The molecule has 0 aromatic carbocycles. The third-order valence-corrected chi connectivity index (χ3v) is 4.34. The molecule has 5 heteroatoms. The van der Waals surface area contributed by atoms with Gasteiger partial charge in [-0.2, -0.15) is 0 Å². The van der Waals surface area contributed by atoms with E-state index < -0.39 is 0 Å². The van der Waals surface area contributed by atoms with Crippen molar-refractivity contribution in [3.8, 4) is 0 Å². The lowest BCUT2D eigenvalue weighted by atomic mass is 10.1. The number of aryl methyl sites for hydroxylation is 1. The highest BCUT2D eigenvalue weighted by Gasteiger charge is 2.13. The van der Waals surface area contributed by atoms with Gasteiger partial charge in [0, 0.05) is 44.6 Å². The van der Waals surface area contributed by atoms with E-state index in [-0.39, 0.29) is 5.91 Å². The zero-order chi connectivity index (χ0) is 16.6. The van der Waals surface area contributed by atoms with Crippen LogP contribution in [0, 0.1) is 0 Å². The van der Waals surface area contributed by atoms with Gasteiger partial charge in [-0.25, -0.2) is 4.98 Å². The second-order valence-electron chi connectivity index (χ2n) is 6.18. The van der Waals surface area contributed by atoms with E-state index >= 15 is 0 Å². The number of nitrogens with one attached hydrogen (secondary N) is 1. The quantitative estimate of drug-likeness (QED) is 0.849. The maximum Gasteiger partial charge on any atom is 0.220 e. The molecule has 3 rings (SSSR count). The predicted molar refractivity (Wildman–Crippen MR) is 95.0 cm³/mol. The van der Waals surface area contributed by atoms with E-state index in [0.29, 0.717) is 13.0 Å². The predicted octanol–water partition coefficient (Wildman–Crippen LogP) is 2.37. The molecule has 0 saturated carbocycles. The highest BCUT2D eigenvalue weighted by atomic mass is 16.1. The van der Waals surface area contributed by atoms with Crippen molar-refractivity contribution in [2.45, 2.75) is 32.1 Å². The Bertz CT molecular complexity index is 653. The van der Waals surface area contributed by atoms with Crippen LogP contribution in [0.15, 0.2) is 42.9 Å². The van der Waals surface area contributed by atoms with Crippen LogP contribution in [0.4, 0.5) is 5.82 Å². The average molecular weight is 324 g/mol. The number of hydrogen-bond acceptors (Lipinski definition) is 4. The van der Waals surface area contributed by atoms with Crippen molar-refractivity contribution in [3.05, 3.63) is 54.0 Å².